The van der Waals surface area contributed by atoms with Gasteiger partial charge in [-0.1, -0.05) is 6.92 Å². The molecule has 0 amide bonds. The van der Waals surface area contributed by atoms with Crippen LogP contribution in [0, 0.1) is 16.7 Å². The Morgan fingerprint density at radius 3 is 2.83 bits per heavy atom. The zero-order valence-corrected chi connectivity index (χ0v) is 7.60. The van der Waals surface area contributed by atoms with E-state index in [4.69, 9.17) is 5.26 Å². The van der Waals surface area contributed by atoms with Gasteiger partial charge in [-0.05, 0) is 25.7 Å². The molecule has 12 heavy (non-hydrogen) atoms. The summed E-state index contributed by atoms with van der Waals surface area (Å²) in [5.74, 6) is 0.389. The monoisotopic (exact) mass is 165 g/mol. The van der Waals surface area contributed by atoms with Crippen LogP contribution in [0.15, 0.2) is 0 Å². The topological polar surface area (TPSA) is 40.9 Å². The second kappa shape index (κ2) is 3.71. The fraction of sp³-hybridized carbons (Fsp3) is 0.800. The number of carbonyl (C=O) groups is 1. The predicted molar refractivity (Wildman–Crippen MR) is 46.4 cm³/mol. The lowest BCUT2D eigenvalue weighted by Crippen LogP contribution is -2.24. The maximum atomic E-state index is 11.5. The van der Waals surface area contributed by atoms with Crippen LogP contribution in [0.2, 0.25) is 0 Å². The van der Waals surface area contributed by atoms with E-state index in [9.17, 15) is 4.79 Å². The van der Waals surface area contributed by atoms with Gasteiger partial charge in [-0.3, -0.25) is 4.79 Å². The normalized spacial score (nSPS) is 28.8. The molecule has 0 aliphatic heterocycles. The molecule has 0 saturated heterocycles. The summed E-state index contributed by atoms with van der Waals surface area (Å²) < 4.78 is 0. The molecule has 0 radical (unpaired) electrons. The van der Waals surface area contributed by atoms with Crippen LogP contribution in [0.1, 0.15) is 45.4 Å². The molecule has 0 spiro atoms. The summed E-state index contributed by atoms with van der Waals surface area (Å²) in [7, 11) is 0. The third-order valence-corrected chi connectivity index (χ3v) is 3.04. The van der Waals surface area contributed by atoms with Crippen LogP contribution in [0.3, 0.4) is 0 Å². The minimum Gasteiger partial charge on any atom is -0.299 e. The van der Waals surface area contributed by atoms with Gasteiger partial charge in [0.2, 0.25) is 0 Å². The van der Waals surface area contributed by atoms with Crippen molar-refractivity contribution in [1.82, 2.24) is 0 Å². The molecule has 1 rings (SSSR count). The Morgan fingerprint density at radius 1 is 1.67 bits per heavy atom. The summed E-state index contributed by atoms with van der Waals surface area (Å²) >= 11 is 0. The van der Waals surface area contributed by atoms with Gasteiger partial charge < -0.3 is 0 Å². The van der Waals surface area contributed by atoms with Crippen LogP contribution >= 0.6 is 0 Å². The molecule has 0 aromatic rings. The molecule has 0 aromatic carbocycles. The third-order valence-electron chi connectivity index (χ3n) is 3.04. The van der Waals surface area contributed by atoms with E-state index in [0.29, 0.717) is 12.2 Å². The number of carbonyl (C=O) groups excluding carboxylic acids is 1. The van der Waals surface area contributed by atoms with Crippen molar-refractivity contribution in [3.8, 4) is 6.07 Å². The van der Waals surface area contributed by atoms with Crippen molar-refractivity contribution in [2.24, 2.45) is 5.41 Å². The second-order valence-electron chi connectivity index (χ2n) is 3.57. The Labute approximate surface area is 73.6 Å². The van der Waals surface area contributed by atoms with Gasteiger partial charge in [0.05, 0.1) is 6.07 Å². The van der Waals surface area contributed by atoms with Crippen LogP contribution in [0.25, 0.3) is 0 Å². The lowest BCUT2D eigenvalue weighted by atomic mass is 9.78. The Kier molecular flexibility index (Phi) is 2.86. The molecule has 1 aliphatic rings. The van der Waals surface area contributed by atoms with Crippen LogP contribution in [-0.2, 0) is 4.79 Å². The molecule has 0 aromatic heterocycles. The first-order valence-corrected chi connectivity index (χ1v) is 4.65. The summed E-state index contributed by atoms with van der Waals surface area (Å²) in [6, 6.07) is 2.12. The van der Waals surface area contributed by atoms with E-state index in [-0.39, 0.29) is 5.41 Å². The van der Waals surface area contributed by atoms with Crippen molar-refractivity contribution in [2.75, 3.05) is 0 Å². The van der Waals surface area contributed by atoms with Crippen LogP contribution in [0.5, 0.6) is 0 Å². The third kappa shape index (κ3) is 1.50. The highest BCUT2D eigenvalue weighted by atomic mass is 16.1. The Hall–Kier alpha value is -0.840. The van der Waals surface area contributed by atoms with Crippen LogP contribution in [-0.4, -0.2) is 5.78 Å². The lowest BCUT2D eigenvalue weighted by Gasteiger charge is -2.23. The van der Waals surface area contributed by atoms with Gasteiger partial charge in [0, 0.05) is 18.3 Å². The van der Waals surface area contributed by atoms with Crippen LogP contribution in [0.4, 0.5) is 0 Å². The minimum atomic E-state index is -0.115. The van der Waals surface area contributed by atoms with Gasteiger partial charge >= 0.3 is 0 Å². The first-order chi connectivity index (χ1) is 5.75. The fourth-order valence-electron chi connectivity index (χ4n) is 2.10. The maximum Gasteiger partial charge on any atom is 0.139 e. The summed E-state index contributed by atoms with van der Waals surface area (Å²) in [5.41, 5.74) is -0.115. The van der Waals surface area contributed by atoms with E-state index in [2.05, 4.69) is 13.0 Å². The van der Waals surface area contributed by atoms with E-state index in [0.717, 1.165) is 32.1 Å². The Morgan fingerprint density at radius 2 is 2.42 bits per heavy atom. The summed E-state index contributed by atoms with van der Waals surface area (Å²) in [6.45, 7) is 2.06. The molecule has 2 heteroatoms. The van der Waals surface area contributed by atoms with E-state index in [1.54, 1.807) is 0 Å². The Bertz CT molecular complexity index is 216. The molecule has 1 unspecified atom stereocenters. The quantitative estimate of drug-likeness (QED) is 0.644. The molecule has 0 heterocycles. The van der Waals surface area contributed by atoms with Crippen molar-refractivity contribution < 1.29 is 4.79 Å². The van der Waals surface area contributed by atoms with E-state index < -0.39 is 0 Å². The number of ketones is 1. The zero-order valence-electron chi connectivity index (χ0n) is 7.60. The van der Waals surface area contributed by atoms with E-state index in [1.165, 1.54) is 0 Å². The first-order valence-electron chi connectivity index (χ1n) is 4.65. The van der Waals surface area contributed by atoms with Crippen molar-refractivity contribution in [2.45, 2.75) is 45.4 Å². The van der Waals surface area contributed by atoms with Crippen molar-refractivity contribution in [3.05, 3.63) is 0 Å². The number of nitrogens with zero attached hydrogens (tertiary/aromatic N) is 1. The molecular weight excluding hydrogens is 150 g/mol. The van der Waals surface area contributed by atoms with E-state index >= 15 is 0 Å². The average molecular weight is 165 g/mol. The zero-order chi connectivity index (χ0) is 9.03. The molecule has 1 fully saturated rings. The molecule has 1 saturated carbocycles. The van der Waals surface area contributed by atoms with Gasteiger partial charge in [0.25, 0.3) is 0 Å². The summed E-state index contributed by atoms with van der Waals surface area (Å²) in [5, 5.41) is 8.46. The number of Topliss-reactive ketones (excluding diaryl/α,β-unsaturated/α-hetero) is 1. The molecule has 1 aliphatic carbocycles. The number of hydrogen-bond acceptors (Lipinski definition) is 2. The highest BCUT2D eigenvalue weighted by Crippen LogP contribution is 2.41. The average Bonchev–Trinajstić information content (AvgIpc) is 2.45. The number of rotatable bonds is 3. The summed E-state index contributed by atoms with van der Waals surface area (Å²) in [6.07, 6.45) is 4.98. The van der Waals surface area contributed by atoms with E-state index in [1.807, 2.05) is 0 Å². The minimum absolute atomic E-state index is 0.115. The van der Waals surface area contributed by atoms with Crippen molar-refractivity contribution in [3.63, 3.8) is 0 Å². The molecule has 1 atom stereocenters. The summed E-state index contributed by atoms with van der Waals surface area (Å²) in [4.78, 5) is 11.5. The first kappa shape index (κ1) is 9.25. The maximum absolute atomic E-state index is 11.5. The highest BCUT2D eigenvalue weighted by molar-refractivity contribution is 5.86. The van der Waals surface area contributed by atoms with Crippen LogP contribution < -0.4 is 0 Å². The predicted octanol–water partition coefficient (Wildman–Crippen LogP) is 2.44. The molecule has 66 valence electrons. The second-order valence-corrected chi connectivity index (χ2v) is 3.57. The van der Waals surface area contributed by atoms with Gasteiger partial charge in [-0.2, -0.15) is 5.26 Å². The fourth-order valence-corrected chi connectivity index (χ4v) is 2.10. The largest absolute Gasteiger partial charge is 0.299 e. The van der Waals surface area contributed by atoms with Crippen molar-refractivity contribution >= 4 is 5.78 Å². The highest BCUT2D eigenvalue weighted by Gasteiger charge is 2.39. The van der Waals surface area contributed by atoms with Gasteiger partial charge in [0.15, 0.2) is 0 Å². The standard InChI is InChI=1S/C10H15NO/c1-2-10(7-4-8-11)6-3-5-9(10)12/h2-7H2,1H3. The van der Waals surface area contributed by atoms with Crippen molar-refractivity contribution in [1.29, 1.82) is 5.26 Å². The molecule has 0 bridgehead atoms. The number of hydrogen-bond donors (Lipinski definition) is 0. The number of nitriles is 1. The SMILES string of the molecule is CCC1(CCC#N)CCCC1=O. The lowest BCUT2D eigenvalue weighted by molar-refractivity contribution is -0.126. The van der Waals surface area contributed by atoms with Gasteiger partial charge in [-0.25, -0.2) is 0 Å². The molecular formula is C10H15NO. The van der Waals surface area contributed by atoms with Gasteiger partial charge in [-0.15, -0.1) is 0 Å². The Balaban J connectivity index is 2.62. The smallest absolute Gasteiger partial charge is 0.139 e. The molecule has 0 N–H and O–H groups in total. The van der Waals surface area contributed by atoms with Gasteiger partial charge in [0.1, 0.15) is 5.78 Å². The molecule has 2 nitrogen and oxygen atoms in total.